The van der Waals surface area contributed by atoms with Gasteiger partial charge in [-0.15, -0.1) is 0 Å². The quantitative estimate of drug-likeness (QED) is 0.114. The number of imide groups is 1. The largest absolute Gasteiger partial charge is 0.493 e. The molecular formula is C41H41BrN2O10S. The Morgan fingerprint density at radius 3 is 2.31 bits per heavy atom. The van der Waals surface area contributed by atoms with E-state index in [2.05, 4.69) is 15.9 Å². The van der Waals surface area contributed by atoms with Crippen molar-refractivity contribution in [2.45, 2.75) is 71.5 Å². The van der Waals surface area contributed by atoms with E-state index in [1.807, 2.05) is 58.0 Å². The van der Waals surface area contributed by atoms with Gasteiger partial charge in [0.15, 0.2) is 28.7 Å². The van der Waals surface area contributed by atoms with Crippen LogP contribution in [0.5, 0.6) is 28.7 Å². The molecule has 0 radical (unpaired) electrons. The highest BCUT2D eigenvalue weighted by Crippen LogP contribution is 2.45. The first-order chi connectivity index (χ1) is 26.1. The van der Waals surface area contributed by atoms with Crippen molar-refractivity contribution >= 4 is 49.8 Å². The van der Waals surface area contributed by atoms with Crippen LogP contribution in [0.1, 0.15) is 54.2 Å². The van der Waals surface area contributed by atoms with Gasteiger partial charge in [-0.1, -0.05) is 64.0 Å². The Morgan fingerprint density at radius 1 is 0.982 bits per heavy atom. The number of carbonyl (C=O) groups is 3. The highest BCUT2D eigenvalue weighted by atomic mass is 79.9. The molecule has 0 spiro atoms. The van der Waals surface area contributed by atoms with Crippen molar-refractivity contribution in [1.82, 2.24) is 9.80 Å². The van der Waals surface area contributed by atoms with E-state index in [1.54, 1.807) is 25.1 Å². The number of piperazine rings is 1. The second-order valence-corrected chi connectivity index (χ2v) is 15.9. The SMILES string of the molecule is COc1c(OC(C)C)cc(CC2C(=O)N(Cc3ccccc3)/C(=C\c3cc4c(c(C)c3OS(=O)(=O)c3ccc(C)cc3)OCO4)C(=O)N2C(C)=O)c(Br)c1C. The lowest BCUT2D eigenvalue weighted by atomic mass is 9.96. The lowest BCUT2D eigenvalue weighted by Gasteiger charge is -2.40. The van der Waals surface area contributed by atoms with E-state index < -0.39 is 33.9 Å². The summed E-state index contributed by atoms with van der Waals surface area (Å²) in [6, 6.07) is 17.2. The van der Waals surface area contributed by atoms with Crippen molar-refractivity contribution in [2.24, 2.45) is 0 Å². The van der Waals surface area contributed by atoms with E-state index in [9.17, 15) is 22.8 Å². The molecule has 55 heavy (non-hydrogen) atoms. The summed E-state index contributed by atoms with van der Waals surface area (Å²) in [4.78, 5) is 45.2. The predicted molar refractivity (Wildman–Crippen MR) is 207 cm³/mol. The molecule has 1 unspecified atom stereocenters. The number of fused-ring (bicyclic) bond motifs is 1. The Hall–Kier alpha value is -5.34. The lowest BCUT2D eigenvalue weighted by molar-refractivity contribution is -0.158. The van der Waals surface area contributed by atoms with Crippen molar-refractivity contribution in [3.8, 4) is 28.7 Å². The number of nitrogens with zero attached hydrogens (tertiary/aromatic N) is 2. The molecule has 2 aliphatic heterocycles. The number of rotatable bonds is 11. The molecule has 4 aromatic carbocycles. The first-order valence-corrected chi connectivity index (χ1v) is 19.7. The van der Waals surface area contributed by atoms with Crippen molar-refractivity contribution in [3.63, 3.8) is 0 Å². The predicted octanol–water partition coefficient (Wildman–Crippen LogP) is 7.04. The van der Waals surface area contributed by atoms with Crippen molar-refractivity contribution in [3.05, 3.63) is 110 Å². The van der Waals surface area contributed by atoms with E-state index in [1.165, 1.54) is 43.2 Å². The molecule has 6 rings (SSSR count). The topological polar surface area (TPSA) is 138 Å². The molecule has 2 aliphatic rings. The van der Waals surface area contributed by atoms with Gasteiger partial charge in [-0.05, 0) is 76.1 Å². The van der Waals surface area contributed by atoms with Crippen LogP contribution >= 0.6 is 15.9 Å². The highest BCUT2D eigenvalue weighted by molar-refractivity contribution is 9.10. The number of methoxy groups -OCH3 is 1. The van der Waals surface area contributed by atoms with Gasteiger partial charge in [-0.25, -0.2) is 0 Å². The molecule has 12 nitrogen and oxygen atoms in total. The van der Waals surface area contributed by atoms with Crippen molar-refractivity contribution in [1.29, 1.82) is 0 Å². The minimum absolute atomic E-state index is 0.0363. The lowest BCUT2D eigenvalue weighted by Crippen LogP contribution is -2.60. The summed E-state index contributed by atoms with van der Waals surface area (Å²) >= 11 is 3.65. The van der Waals surface area contributed by atoms with E-state index in [-0.39, 0.29) is 59.3 Å². The number of benzene rings is 4. The summed E-state index contributed by atoms with van der Waals surface area (Å²) in [6.45, 7) is 10.1. The van der Waals surface area contributed by atoms with Gasteiger partial charge in [0, 0.05) is 34.5 Å². The highest BCUT2D eigenvalue weighted by Gasteiger charge is 2.45. The third-order valence-corrected chi connectivity index (χ3v) is 11.6. The number of hydrogen-bond acceptors (Lipinski definition) is 10. The van der Waals surface area contributed by atoms with Gasteiger partial charge >= 0.3 is 10.1 Å². The molecule has 0 bridgehead atoms. The number of ether oxygens (including phenoxy) is 4. The molecule has 0 N–H and O–H groups in total. The Balaban J connectivity index is 1.50. The van der Waals surface area contributed by atoms with Crippen molar-refractivity contribution < 1.29 is 45.9 Å². The van der Waals surface area contributed by atoms with Gasteiger partial charge in [0.25, 0.3) is 11.8 Å². The maximum atomic E-state index is 14.9. The summed E-state index contributed by atoms with van der Waals surface area (Å²) in [5.74, 6) is -0.581. The van der Waals surface area contributed by atoms with Gasteiger partial charge in [-0.3, -0.25) is 19.3 Å². The Kier molecular flexibility index (Phi) is 11.3. The zero-order chi connectivity index (χ0) is 39.8. The molecule has 1 saturated heterocycles. The zero-order valence-corrected chi connectivity index (χ0v) is 33.9. The minimum atomic E-state index is -4.39. The average molecular weight is 834 g/mol. The van der Waals surface area contributed by atoms with Crippen LogP contribution in [0.3, 0.4) is 0 Å². The van der Waals surface area contributed by atoms with Crippen LogP contribution in [0.25, 0.3) is 6.08 Å². The summed E-state index contributed by atoms with van der Waals surface area (Å²) in [5.41, 5.74) is 3.12. The zero-order valence-electron chi connectivity index (χ0n) is 31.5. The fraction of sp³-hybridized carbons (Fsp3) is 0.293. The van der Waals surface area contributed by atoms with Gasteiger partial charge < -0.3 is 28.0 Å². The monoisotopic (exact) mass is 832 g/mol. The summed E-state index contributed by atoms with van der Waals surface area (Å²) in [6.07, 6.45) is 1.12. The molecule has 4 aromatic rings. The molecule has 0 aliphatic carbocycles. The van der Waals surface area contributed by atoms with Gasteiger partial charge in [0.05, 0.1) is 19.8 Å². The molecule has 3 amide bonds. The van der Waals surface area contributed by atoms with Crippen LogP contribution < -0.4 is 23.1 Å². The summed E-state index contributed by atoms with van der Waals surface area (Å²) in [5, 5.41) is 0. The standard InChI is InChI=1S/C41H41BrN2O10S/c1-23(2)53-35-19-29(36(42)25(4)38(35)50-7)17-33-40(46)43(21-28-11-9-8-10-12-28)32(41(47)44(33)27(6)45)18-30-20-34-39(52-22-51-34)26(5)37(30)54-55(48,49)31-15-13-24(3)14-16-31/h8-16,18-20,23,33H,17,21-22H2,1-7H3/b32-18-. The molecule has 2 heterocycles. The molecule has 1 fully saturated rings. The molecule has 1 atom stereocenters. The average Bonchev–Trinajstić information content (AvgIpc) is 3.61. The smallest absolute Gasteiger partial charge is 0.339 e. The normalized spacial score (nSPS) is 16.2. The van der Waals surface area contributed by atoms with E-state index in [0.717, 1.165) is 10.5 Å². The van der Waals surface area contributed by atoms with Gasteiger partial charge in [-0.2, -0.15) is 8.42 Å². The minimum Gasteiger partial charge on any atom is -0.493 e. The number of aryl methyl sites for hydroxylation is 1. The Morgan fingerprint density at radius 2 is 1.67 bits per heavy atom. The van der Waals surface area contributed by atoms with Crippen LogP contribution in [0.4, 0.5) is 0 Å². The number of carbonyl (C=O) groups excluding carboxylic acids is 3. The van der Waals surface area contributed by atoms with E-state index >= 15 is 0 Å². The third kappa shape index (κ3) is 7.92. The summed E-state index contributed by atoms with van der Waals surface area (Å²) < 4.78 is 56.7. The fourth-order valence-corrected chi connectivity index (χ4v) is 8.07. The van der Waals surface area contributed by atoms with E-state index in [4.69, 9.17) is 23.1 Å². The molecule has 288 valence electrons. The van der Waals surface area contributed by atoms with Crippen molar-refractivity contribution in [2.75, 3.05) is 13.9 Å². The molecular weight excluding hydrogens is 792 g/mol. The first kappa shape index (κ1) is 39.4. The molecule has 0 saturated carbocycles. The van der Waals surface area contributed by atoms with Gasteiger partial charge in [0.2, 0.25) is 12.7 Å². The molecule has 0 aromatic heterocycles. The van der Waals surface area contributed by atoms with Crippen LogP contribution in [0.2, 0.25) is 0 Å². The van der Waals surface area contributed by atoms with E-state index in [0.29, 0.717) is 38.2 Å². The number of halogens is 1. The maximum Gasteiger partial charge on any atom is 0.339 e. The maximum absolute atomic E-state index is 14.9. The number of hydrogen-bond donors (Lipinski definition) is 0. The second-order valence-electron chi connectivity index (χ2n) is 13.5. The molecule has 14 heteroatoms. The van der Waals surface area contributed by atoms with Gasteiger partial charge in [0.1, 0.15) is 16.6 Å². The van der Waals surface area contributed by atoms with Crippen LogP contribution in [-0.2, 0) is 37.5 Å². The fourth-order valence-electron chi connectivity index (χ4n) is 6.61. The Labute approximate surface area is 328 Å². The second kappa shape index (κ2) is 15.8. The first-order valence-electron chi connectivity index (χ1n) is 17.5. The summed E-state index contributed by atoms with van der Waals surface area (Å²) in [7, 11) is -2.86. The van der Waals surface area contributed by atoms with Crippen LogP contribution in [0.15, 0.2) is 81.8 Å². The third-order valence-electron chi connectivity index (χ3n) is 9.24. The van der Waals surface area contributed by atoms with Crippen LogP contribution in [0, 0.1) is 20.8 Å². The Bertz CT molecular complexity index is 2310. The number of amides is 3. The van der Waals surface area contributed by atoms with Crippen LogP contribution in [-0.4, -0.2) is 62.0 Å².